The molecule has 3 aromatic rings. The summed E-state index contributed by atoms with van der Waals surface area (Å²) >= 11 is 0. The Labute approximate surface area is 188 Å². The van der Waals surface area contributed by atoms with Gasteiger partial charge >= 0.3 is 0 Å². The summed E-state index contributed by atoms with van der Waals surface area (Å²) in [6.07, 6.45) is 3.79. The molecule has 2 N–H and O–H groups in total. The van der Waals surface area contributed by atoms with Crippen molar-refractivity contribution in [1.29, 1.82) is 0 Å². The molecule has 0 aliphatic carbocycles. The van der Waals surface area contributed by atoms with Crippen LogP contribution in [-0.2, 0) is 13.0 Å². The fourth-order valence-corrected chi connectivity index (χ4v) is 4.28. The maximum Gasteiger partial charge on any atom is 0.251 e. The number of aromatic nitrogens is 1. The summed E-state index contributed by atoms with van der Waals surface area (Å²) in [6, 6.07) is 9.69. The Bertz CT molecular complexity index is 1140. The van der Waals surface area contributed by atoms with Gasteiger partial charge in [0, 0.05) is 23.5 Å². The fraction of sp³-hybridized carbons (Fsp3) is 0.346. The molecule has 0 bridgehead atoms. The molecule has 1 amide bonds. The van der Waals surface area contributed by atoms with Gasteiger partial charge in [-0.2, -0.15) is 0 Å². The molecule has 0 aliphatic heterocycles. The number of unbranched alkanes of at least 4 members (excludes halogenated alkanes) is 2. The maximum atomic E-state index is 13.9. The summed E-state index contributed by atoms with van der Waals surface area (Å²) in [4.78, 5) is 12.5. The molecule has 0 saturated heterocycles. The summed E-state index contributed by atoms with van der Waals surface area (Å²) in [6.45, 7) is 6.26. The molecule has 4 nitrogen and oxygen atoms in total. The Morgan fingerprint density at radius 3 is 2.41 bits per heavy atom. The van der Waals surface area contributed by atoms with Gasteiger partial charge in [-0.1, -0.05) is 31.9 Å². The fourth-order valence-electron chi connectivity index (χ4n) is 4.28. The van der Waals surface area contributed by atoms with E-state index in [2.05, 4.69) is 6.92 Å². The average Bonchev–Trinajstić information content (AvgIpc) is 3.02. The standard InChI is InChI=1S/C26H30F2N2O2/c1-5-6-7-8-22-25(19-10-12-23(32-4)16(2)13-19)24(26(29)31)17(3)30(22)15-18-9-11-20(27)21(28)14-18/h9-14H,5-8,15H2,1-4H3,(H2,29,31). The molecule has 0 aliphatic rings. The third-order valence-corrected chi connectivity index (χ3v) is 5.90. The van der Waals surface area contributed by atoms with Crippen LogP contribution in [0.2, 0.25) is 0 Å². The van der Waals surface area contributed by atoms with Gasteiger partial charge in [0.2, 0.25) is 0 Å². The first-order valence-electron chi connectivity index (χ1n) is 10.9. The number of halogens is 2. The van der Waals surface area contributed by atoms with Crippen molar-refractivity contribution in [1.82, 2.24) is 4.57 Å². The Morgan fingerprint density at radius 1 is 1.06 bits per heavy atom. The van der Waals surface area contributed by atoms with E-state index in [4.69, 9.17) is 10.5 Å². The normalized spacial score (nSPS) is 11.1. The SMILES string of the molecule is CCCCCc1c(-c2ccc(OC)c(C)c2)c(C(N)=O)c(C)n1Cc1ccc(F)c(F)c1. The van der Waals surface area contributed by atoms with E-state index in [9.17, 15) is 13.6 Å². The molecule has 3 rings (SSSR count). The van der Waals surface area contributed by atoms with Crippen LogP contribution in [0.15, 0.2) is 36.4 Å². The Hall–Kier alpha value is -3.15. The summed E-state index contributed by atoms with van der Waals surface area (Å²) in [5.74, 6) is -1.51. The molecule has 0 saturated carbocycles. The maximum absolute atomic E-state index is 13.9. The molecule has 0 spiro atoms. The summed E-state index contributed by atoms with van der Waals surface area (Å²) in [5, 5.41) is 0. The van der Waals surface area contributed by atoms with Gasteiger partial charge in [0.25, 0.3) is 5.91 Å². The van der Waals surface area contributed by atoms with Gasteiger partial charge in [0.1, 0.15) is 5.75 Å². The van der Waals surface area contributed by atoms with Gasteiger partial charge in [-0.25, -0.2) is 8.78 Å². The summed E-state index contributed by atoms with van der Waals surface area (Å²) < 4.78 is 34.7. The van der Waals surface area contributed by atoms with E-state index in [-0.39, 0.29) is 0 Å². The molecule has 0 radical (unpaired) electrons. The number of carbonyl (C=O) groups is 1. The molecular weight excluding hydrogens is 410 g/mol. The van der Waals surface area contributed by atoms with Crippen molar-refractivity contribution in [3.05, 3.63) is 76.1 Å². The summed E-state index contributed by atoms with van der Waals surface area (Å²) in [5.41, 5.74) is 11.2. The van der Waals surface area contributed by atoms with Crippen LogP contribution >= 0.6 is 0 Å². The number of rotatable bonds is 9. The lowest BCUT2D eigenvalue weighted by Gasteiger charge is -2.14. The smallest absolute Gasteiger partial charge is 0.251 e. The molecule has 0 unspecified atom stereocenters. The molecule has 6 heteroatoms. The Kier molecular flexibility index (Phi) is 7.33. The second-order valence-corrected chi connectivity index (χ2v) is 8.12. The lowest BCUT2D eigenvalue weighted by molar-refractivity contribution is 0.1000. The third kappa shape index (κ3) is 4.69. The van der Waals surface area contributed by atoms with E-state index >= 15 is 0 Å². The van der Waals surface area contributed by atoms with Crippen LogP contribution in [0, 0.1) is 25.5 Å². The van der Waals surface area contributed by atoms with Crippen molar-refractivity contribution >= 4 is 5.91 Å². The largest absolute Gasteiger partial charge is 0.496 e. The number of hydrogen-bond acceptors (Lipinski definition) is 2. The van der Waals surface area contributed by atoms with Gasteiger partial charge in [0.15, 0.2) is 11.6 Å². The van der Waals surface area contributed by atoms with E-state index in [1.807, 2.05) is 36.6 Å². The second-order valence-electron chi connectivity index (χ2n) is 8.12. The van der Waals surface area contributed by atoms with Gasteiger partial charge < -0.3 is 15.0 Å². The van der Waals surface area contributed by atoms with Crippen LogP contribution in [0.5, 0.6) is 5.75 Å². The molecule has 170 valence electrons. The summed E-state index contributed by atoms with van der Waals surface area (Å²) in [7, 11) is 1.62. The van der Waals surface area contributed by atoms with Crippen molar-refractivity contribution in [3.8, 4) is 16.9 Å². The first kappa shape index (κ1) is 23.5. The highest BCUT2D eigenvalue weighted by Gasteiger charge is 2.25. The van der Waals surface area contributed by atoms with Crippen LogP contribution in [-0.4, -0.2) is 17.6 Å². The van der Waals surface area contributed by atoms with Crippen LogP contribution < -0.4 is 10.5 Å². The van der Waals surface area contributed by atoms with Gasteiger partial charge in [-0.3, -0.25) is 4.79 Å². The zero-order valence-corrected chi connectivity index (χ0v) is 19.1. The minimum atomic E-state index is -0.888. The number of primary amides is 1. The molecule has 0 atom stereocenters. The first-order chi connectivity index (χ1) is 15.3. The van der Waals surface area contributed by atoms with Gasteiger partial charge in [0.05, 0.1) is 12.7 Å². The van der Waals surface area contributed by atoms with Crippen molar-refractivity contribution in [2.24, 2.45) is 5.73 Å². The number of aryl methyl sites for hydroxylation is 1. The molecule has 2 aromatic carbocycles. The lowest BCUT2D eigenvalue weighted by atomic mass is 9.96. The number of nitrogens with two attached hydrogens (primary N) is 1. The second kappa shape index (κ2) is 9.98. The minimum absolute atomic E-state index is 0.319. The zero-order chi connectivity index (χ0) is 23.4. The number of nitrogens with zero attached hydrogens (tertiary/aromatic N) is 1. The average molecular weight is 441 g/mol. The van der Waals surface area contributed by atoms with Crippen molar-refractivity contribution < 1.29 is 18.3 Å². The highest BCUT2D eigenvalue weighted by molar-refractivity contribution is 6.02. The van der Waals surface area contributed by atoms with Crippen LogP contribution in [0.4, 0.5) is 8.78 Å². The van der Waals surface area contributed by atoms with Crippen LogP contribution in [0.25, 0.3) is 11.1 Å². The highest BCUT2D eigenvalue weighted by Crippen LogP contribution is 2.36. The van der Waals surface area contributed by atoms with E-state index in [1.165, 1.54) is 6.07 Å². The van der Waals surface area contributed by atoms with E-state index in [1.54, 1.807) is 13.2 Å². The quantitative estimate of drug-likeness (QED) is 0.419. The molecule has 1 heterocycles. The third-order valence-electron chi connectivity index (χ3n) is 5.90. The van der Waals surface area contributed by atoms with Crippen LogP contribution in [0.1, 0.15) is 59.1 Å². The van der Waals surface area contributed by atoms with Gasteiger partial charge in [-0.15, -0.1) is 0 Å². The molecule has 1 aromatic heterocycles. The first-order valence-corrected chi connectivity index (χ1v) is 10.9. The predicted octanol–water partition coefficient (Wildman–Crippen LogP) is 5.94. The van der Waals surface area contributed by atoms with Crippen LogP contribution in [0.3, 0.4) is 0 Å². The Balaban J connectivity index is 2.21. The lowest BCUT2D eigenvalue weighted by Crippen LogP contribution is -2.13. The number of carbonyl (C=O) groups excluding carboxylic acids is 1. The predicted molar refractivity (Wildman–Crippen MR) is 123 cm³/mol. The molecular formula is C26H30F2N2O2. The van der Waals surface area contributed by atoms with E-state index in [0.29, 0.717) is 17.7 Å². The number of ether oxygens (including phenoxy) is 1. The highest BCUT2D eigenvalue weighted by atomic mass is 19.2. The topological polar surface area (TPSA) is 57.2 Å². The number of methoxy groups -OCH3 is 1. The zero-order valence-electron chi connectivity index (χ0n) is 19.1. The number of hydrogen-bond donors (Lipinski definition) is 1. The van der Waals surface area contributed by atoms with Crippen molar-refractivity contribution in [2.45, 2.75) is 53.0 Å². The van der Waals surface area contributed by atoms with Gasteiger partial charge in [-0.05, 0) is 67.6 Å². The molecule has 0 fully saturated rings. The van der Waals surface area contributed by atoms with E-state index in [0.717, 1.165) is 65.6 Å². The minimum Gasteiger partial charge on any atom is -0.496 e. The monoisotopic (exact) mass is 440 g/mol. The number of benzene rings is 2. The number of amides is 1. The van der Waals surface area contributed by atoms with E-state index < -0.39 is 17.5 Å². The van der Waals surface area contributed by atoms with Crippen molar-refractivity contribution in [3.63, 3.8) is 0 Å². The molecule has 32 heavy (non-hydrogen) atoms. The Morgan fingerprint density at radius 2 is 1.81 bits per heavy atom. The van der Waals surface area contributed by atoms with Crippen molar-refractivity contribution in [2.75, 3.05) is 7.11 Å².